The molecule has 3 nitrogen and oxygen atoms in total. The van der Waals surface area contributed by atoms with Gasteiger partial charge in [-0.15, -0.1) is 0 Å². The molecule has 0 aromatic carbocycles. The van der Waals surface area contributed by atoms with Crippen LogP contribution in [0.25, 0.3) is 0 Å². The fraction of sp³-hybridized carbons (Fsp3) is 0.933. The number of unbranched alkanes of at least 4 members (excludes halogenated alkanes) is 2. The van der Waals surface area contributed by atoms with Gasteiger partial charge in [0.1, 0.15) is 0 Å². The van der Waals surface area contributed by atoms with Crippen molar-refractivity contribution in [3.63, 3.8) is 0 Å². The van der Waals surface area contributed by atoms with E-state index in [9.17, 15) is 4.79 Å². The summed E-state index contributed by atoms with van der Waals surface area (Å²) < 4.78 is 0. The zero-order chi connectivity index (χ0) is 13.4. The summed E-state index contributed by atoms with van der Waals surface area (Å²) in [4.78, 5) is 14.3. The van der Waals surface area contributed by atoms with E-state index in [1.165, 1.54) is 19.3 Å². The normalized spacial score (nSPS) is 19.4. The zero-order valence-electron chi connectivity index (χ0n) is 12.4. The SMILES string of the molecule is CCCCCN(C(=O)CCC1CCNC1)C(C)C. The number of rotatable bonds is 8. The highest BCUT2D eigenvalue weighted by Gasteiger charge is 2.20. The van der Waals surface area contributed by atoms with E-state index in [0.29, 0.717) is 11.9 Å². The second kappa shape index (κ2) is 8.52. The summed E-state index contributed by atoms with van der Waals surface area (Å²) in [6, 6.07) is 0.344. The van der Waals surface area contributed by atoms with E-state index in [0.717, 1.165) is 44.8 Å². The third-order valence-electron chi connectivity index (χ3n) is 3.88. The van der Waals surface area contributed by atoms with E-state index in [1.807, 2.05) is 0 Å². The Kier molecular flexibility index (Phi) is 7.33. The van der Waals surface area contributed by atoms with Crippen molar-refractivity contribution in [3.8, 4) is 0 Å². The quantitative estimate of drug-likeness (QED) is 0.676. The minimum absolute atomic E-state index is 0.344. The topological polar surface area (TPSA) is 32.3 Å². The minimum atomic E-state index is 0.344. The minimum Gasteiger partial charge on any atom is -0.340 e. The van der Waals surface area contributed by atoms with Gasteiger partial charge >= 0.3 is 0 Å². The maximum atomic E-state index is 12.2. The summed E-state index contributed by atoms with van der Waals surface area (Å²) in [5.41, 5.74) is 0. The van der Waals surface area contributed by atoms with Crippen molar-refractivity contribution in [2.24, 2.45) is 5.92 Å². The Morgan fingerprint density at radius 2 is 2.17 bits per heavy atom. The van der Waals surface area contributed by atoms with Crippen LogP contribution >= 0.6 is 0 Å². The fourth-order valence-electron chi connectivity index (χ4n) is 2.64. The fourth-order valence-corrected chi connectivity index (χ4v) is 2.64. The summed E-state index contributed by atoms with van der Waals surface area (Å²) in [5, 5.41) is 3.37. The molecule has 1 atom stereocenters. The third-order valence-corrected chi connectivity index (χ3v) is 3.88. The summed E-state index contributed by atoms with van der Waals surface area (Å²) in [5.74, 6) is 1.08. The molecule has 1 aliphatic heterocycles. The van der Waals surface area contributed by atoms with Crippen LogP contribution in [0.15, 0.2) is 0 Å². The summed E-state index contributed by atoms with van der Waals surface area (Å²) in [7, 11) is 0. The van der Waals surface area contributed by atoms with Crippen molar-refractivity contribution in [1.82, 2.24) is 10.2 Å². The lowest BCUT2D eigenvalue weighted by molar-refractivity contribution is -0.133. The van der Waals surface area contributed by atoms with Crippen LogP contribution in [0.2, 0.25) is 0 Å². The second-order valence-electron chi connectivity index (χ2n) is 5.79. The Morgan fingerprint density at radius 1 is 1.39 bits per heavy atom. The van der Waals surface area contributed by atoms with E-state index >= 15 is 0 Å². The molecule has 3 heteroatoms. The molecule has 1 aliphatic rings. The van der Waals surface area contributed by atoms with E-state index in [4.69, 9.17) is 0 Å². The molecule has 106 valence electrons. The molecule has 1 amide bonds. The maximum Gasteiger partial charge on any atom is 0.222 e. The van der Waals surface area contributed by atoms with Crippen LogP contribution in [-0.2, 0) is 4.79 Å². The van der Waals surface area contributed by atoms with Gasteiger partial charge in [-0.3, -0.25) is 4.79 Å². The molecule has 0 saturated carbocycles. The van der Waals surface area contributed by atoms with Crippen LogP contribution in [0, 0.1) is 5.92 Å². The Morgan fingerprint density at radius 3 is 2.72 bits per heavy atom. The van der Waals surface area contributed by atoms with E-state index in [-0.39, 0.29) is 0 Å². The Balaban J connectivity index is 2.28. The molecule has 0 aliphatic carbocycles. The Hall–Kier alpha value is -0.570. The molecule has 0 aromatic rings. The van der Waals surface area contributed by atoms with Gasteiger partial charge in [0, 0.05) is 19.0 Å². The van der Waals surface area contributed by atoms with Gasteiger partial charge < -0.3 is 10.2 Å². The van der Waals surface area contributed by atoms with Gasteiger partial charge in [0.15, 0.2) is 0 Å². The van der Waals surface area contributed by atoms with Gasteiger partial charge in [-0.2, -0.15) is 0 Å². The highest BCUT2D eigenvalue weighted by molar-refractivity contribution is 5.76. The number of amides is 1. The first-order valence-corrected chi connectivity index (χ1v) is 7.65. The first kappa shape index (κ1) is 15.5. The summed E-state index contributed by atoms with van der Waals surface area (Å²) in [6.45, 7) is 9.62. The highest BCUT2D eigenvalue weighted by atomic mass is 16.2. The molecule has 1 fully saturated rings. The second-order valence-corrected chi connectivity index (χ2v) is 5.79. The number of hydrogen-bond donors (Lipinski definition) is 1. The predicted molar refractivity (Wildman–Crippen MR) is 76.6 cm³/mol. The van der Waals surface area contributed by atoms with Gasteiger partial charge in [0.25, 0.3) is 0 Å². The van der Waals surface area contributed by atoms with Gasteiger partial charge in [0.05, 0.1) is 0 Å². The van der Waals surface area contributed by atoms with Crippen LogP contribution in [0.5, 0.6) is 0 Å². The number of hydrogen-bond acceptors (Lipinski definition) is 2. The lowest BCUT2D eigenvalue weighted by atomic mass is 10.0. The lowest BCUT2D eigenvalue weighted by Gasteiger charge is -2.27. The van der Waals surface area contributed by atoms with E-state index in [1.54, 1.807) is 0 Å². The van der Waals surface area contributed by atoms with E-state index < -0.39 is 0 Å². The molecular formula is C15H30N2O. The summed E-state index contributed by atoms with van der Waals surface area (Å²) in [6.07, 6.45) is 6.62. The predicted octanol–water partition coefficient (Wildman–Crippen LogP) is 2.80. The maximum absolute atomic E-state index is 12.2. The van der Waals surface area contributed by atoms with Gasteiger partial charge in [-0.25, -0.2) is 0 Å². The first-order valence-electron chi connectivity index (χ1n) is 7.65. The zero-order valence-corrected chi connectivity index (χ0v) is 12.4. The van der Waals surface area contributed by atoms with Crippen LogP contribution in [0.4, 0.5) is 0 Å². The van der Waals surface area contributed by atoms with Crippen molar-refractivity contribution in [2.45, 2.75) is 65.3 Å². The molecular weight excluding hydrogens is 224 g/mol. The van der Waals surface area contributed by atoms with Crippen molar-refractivity contribution in [1.29, 1.82) is 0 Å². The van der Waals surface area contributed by atoms with Gasteiger partial charge in [-0.1, -0.05) is 19.8 Å². The molecule has 1 rings (SSSR count). The van der Waals surface area contributed by atoms with Crippen LogP contribution in [0.1, 0.15) is 59.3 Å². The van der Waals surface area contributed by atoms with Crippen molar-refractivity contribution in [2.75, 3.05) is 19.6 Å². The Bertz CT molecular complexity index is 235. The average molecular weight is 254 g/mol. The summed E-state index contributed by atoms with van der Waals surface area (Å²) >= 11 is 0. The number of carbonyl (C=O) groups excluding carboxylic acids is 1. The first-order chi connectivity index (χ1) is 8.65. The lowest BCUT2D eigenvalue weighted by Crippen LogP contribution is -2.37. The monoisotopic (exact) mass is 254 g/mol. The number of carbonyl (C=O) groups is 1. The van der Waals surface area contributed by atoms with Crippen molar-refractivity contribution in [3.05, 3.63) is 0 Å². The standard InChI is InChI=1S/C15H30N2O/c1-4-5-6-11-17(13(2)3)15(18)8-7-14-9-10-16-12-14/h13-14,16H,4-12H2,1-3H3. The highest BCUT2D eigenvalue weighted by Crippen LogP contribution is 2.16. The molecule has 0 radical (unpaired) electrons. The number of nitrogens with one attached hydrogen (secondary N) is 1. The molecule has 0 spiro atoms. The van der Waals surface area contributed by atoms with Crippen molar-refractivity contribution >= 4 is 5.91 Å². The molecule has 0 aromatic heterocycles. The van der Waals surface area contributed by atoms with Gasteiger partial charge in [0.2, 0.25) is 5.91 Å². The Labute approximate surface area is 112 Å². The number of nitrogens with zero attached hydrogens (tertiary/aromatic N) is 1. The molecule has 0 bridgehead atoms. The molecule has 1 saturated heterocycles. The molecule has 1 heterocycles. The smallest absolute Gasteiger partial charge is 0.222 e. The average Bonchev–Trinajstić information content (AvgIpc) is 2.84. The molecule has 1 unspecified atom stereocenters. The molecule has 18 heavy (non-hydrogen) atoms. The van der Waals surface area contributed by atoms with Crippen LogP contribution < -0.4 is 5.32 Å². The van der Waals surface area contributed by atoms with E-state index in [2.05, 4.69) is 31.0 Å². The van der Waals surface area contributed by atoms with Crippen LogP contribution in [-0.4, -0.2) is 36.5 Å². The largest absolute Gasteiger partial charge is 0.340 e. The van der Waals surface area contributed by atoms with Crippen LogP contribution in [0.3, 0.4) is 0 Å². The third kappa shape index (κ3) is 5.38. The molecule has 1 N–H and O–H groups in total. The van der Waals surface area contributed by atoms with Crippen molar-refractivity contribution < 1.29 is 4.79 Å². The van der Waals surface area contributed by atoms with Gasteiger partial charge in [-0.05, 0) is 52.1 Å².